The molecular formula is C20H23N5O5. The van der Waals surface area contributed by atoms with Gasteiger partial charge in [0, 0.05) is 0 Å². The summed E-state index contributed by atoms with van der Waals surface area (Å²) in [5.74, 6) is -1.92. The van der Waals surface area contributed by atoms with Crippen LogP contribution in [0, 0.1) is 0 Å². The largest absolute Gasteiger partial charge is 0.344 e. The van der Waals surface area contributed by atoms with Crippen LogP contribution in [-0.2, 0) is 26.3 Å². The molecule has 0 unspecified atom stereocenters. The molecule has 1 aliphatic carbocycles. The molecule has 7 amide bonds. The van der Waals surface area contributed by atoms with Crippen molar-refractivity contribution in [2.75, 3.05) is 6.54 Å². The van der Waals surface area contributed by atoms with Crippen molar-refractivity contribution in [2.45, 2.75) is 50.6 Å². The van der Waals surface area contributed by atoms with Crippen LogP contribution in [-0.4, -0.2) is 51.8 Å². The Bertz CT molecular complexity index is 978. The molecule has 2 aliphatic heterocycles. The minimum atomic E-state index is -1.19. The summed E-state index contributed by atoms with van der Waals surface area (Å²) in [6.07, 6.45) is 2.32. The number of fused-ring (bicyclic) bond motifs is 2. The van der Waals surface area contributed by atoms with Gasteiger partial charge in [-0.05, 0) is 43.7 Å². The van der Waals surface area contributed by atoms with Gasteiger partial charge in [0.05, 0.1) is 0 Å². The fraction of sp³-hybridized carbons (Fsp3) is 0.450. The van der Waals surface area contributed by atoms with Crippen LogP contribution in [0.25, 0.3) is 0 Å². The van der Waals surface area contributed by atoms with Gasteiger partial charge in [-0.25, -0.2) is 9.59 Å². The Labute approximate surface area is 172 Å². The molecule has 30 heavy (non-hydrogen) atoms. The van der Waals surface area contributed by atoms with E-state index in [2.05, 4.69) is 16.1 Å². The van der Waals surface area contributed by atoms with Crippen molar-refractivity contribution in [1.82, 2.24) is 26.0 Å². The van der Waals surface area contributed by atoms with Crippen molar-refractivity contribution >= 4 is 29.8 Å². The zero-order valence-corrected chi connectivity index (χ0v) is 16.8. The molecule has 4 rings (SSSR count). The van der Waals surface area contributed by atoms with Gasteiger partial charge in [-0.2, -0.15) is 5.01 Å². The summed E-state index contributed by atoms with van der Waals surface area (Å²) in [5, 5.41) is 5.87. The summed E-state index contributed by atoms with van der Waals surface area (Å²) in [6, 6.07) is 5.99. The van der Waals surface area contributed by atoms with Crippen LogP contribution >= 0.6 is 0 Å². The first-order valence-corrected chi connectivity index (χ1v) is 9.90. The molecule has 0 aromatic heterocycles. The lowest BCUT2D eigenvalue weighted by Crippen LogP contribution is -2.52. The van der Waals surface area contributed by atoms with E-state index in [4.69, 9.17) is 0 Å². The SMILES string of the molecule is CC[C@]1(C)NC(=O)N(NC(=O)CN2C(=O)N[C@@]3(CCCc4ccccc43)C2=O)C1=O. The van der Waals surface area contributed by atoms with Crippen molar-refractivity contribution < 1.29 is 24.0 Å². The molecule has 0 radical (unpaired) electrons. The summed E-state index contributed by atoms with van der Waals surface area (Å²) >= 11 is 0. The Morgan fingerprint density at radius 1 is 1.10 bits per heavy atom. The first kappa shape index (κ1) is 19.9. The van der Waals surface area contributed by atoms with Crippen LogP contribution in [0.4, 0.5) is 9.59 Å². The minimum Gasteiger partial charge on any atom is -0.322 e. The molecule has 10 nitrogen and oxygen atoms in total. The fourth-order valence-electron chi connectivity index (χ4n) is 4.28. The van der Waals surface area contributed by atoms with Gasteiger partial charge in [-0.15, -0.1) is 0 Å². The second-order valence-electron chi connectivity index (χ2n) is 8.03. The first-order valence-electron chi connectivity index (χ1n) is 9.90. The van der Waals surface area contributed by atoms with E-state index >= 15 is 0 Å². The highest BCUT2D eigenvalue weighted by Gasteiger charge is 2.54. The van der Waals surface area contributed by atoms with Crippen LogP contribution < -0.4 is 16.1 Å². The minimum absolute atomic E-state index is 0.346. The van der Waals surface area contributed by atoms with Crippen molar-refractivity contribution in [1.29, 1.82) is 0 Å². The quantitative estimate of drug-likeness (QED) is 0.620. The molecule has 3 aliphatic rings. The Morgan fingerprint density at radius 2 is 1.83 bits per heavy atom. The maximum Gasteiger partial charge on any atom is 0.344 e. The summed E-state index contributed by atoms with van der Waals surface area (Å²) in [5.41, 5.74) is 1.64. The summed E-state index contributed by atoms with van der Waals surface area (Å²) < 4.78 is 0. The summed E-state index contributed by atoms with van der Waals surface area (Å²) in [6.45, 7) is 2.69. The second kappa shape index (κ2) is 6.82. The number of nitrogens with one attached hydrogen (secondary N) is 3. The molecule has 1 aromatic carbocycles. The molecule has 158 valence electrons. The van der Waals surface area contributed by atoms with Gasteiger partial charge in [0.25, 0.3) is 17.7 Å². The lowest BCUT2D eigenvalue weighted by molar-refractivity contribution is -0.140. The van der Waals surface area contributed by atoms with E-state index in [1.165, 1.54) is 0 Å². The number of urea groups is 2. The van der Waals surface area contributed by atoms with E-state index in [0.717, 1.165) is 28.9 Å². The monoisotopic (exact) mass is 413 g/mol. The fourth-order valence-corrected chi connectivity index (χ4v) is 4.28. The number of rotatable bonds is 4. The first-order chi connectivity index (χ1) is 14.2. The Kier molecular flexibility index (Phi) is 4.52. The van der Waals surface area contributed by atoms with Gasteiger partial charge < -0.3 is 10.6 Å². The number of nitrogens with zero attached hydrogens (tertiary/aromatic N) is 2. The molecule has 0 saturated carbocycles. The van der Waals surface area contributed by atoms with E-state index in [-0.39, 0.29) is 0 Å². The smallest absolute Gasteiger partial charge is 0.322 e. The van der Waals surface area contributed by atoms with Crippen molar-refractivity contribution in [3.05, 3.63) is 35.4 Å². The van der Waals surface area contributed by atoms with Gasteiger partial charge in [0.1, 0.15) is 17.6 Å². The highest BCUT2D eigenvalue weighted by Crippen LogP contribution is 2.39. The third-order valence-corrected chi connectivity index (χ3v) is 6.16. The van der Waals surface area contributed by atoms with Gasteiger partial charge in [-0.3, -0.25) is 24.7 Å². The average molecular weight is 413 g/mol. The standard InChI is InChI=1S/C20H23N5O5/c1-3-19(2)15(27)25(18(30)21-19)23-14(26)11-24-16(28)20(22-17(24)29)10-6-8-12-7-4-5-9-13(12)20/h4-5,7,9H,3,6,8,10-11H2,1-2H3,(H,21,30)(H,22,29)(H,23,26)/t19-,20+/m0/s1. The van der Waals surface area contributed by atoms with Crippen LogP contribution in [0.1, 0.15) is 44.2 Å². The molecule has 10 heteroatoms. The number of benzene rings is 1. The van der Waals surface area contributed by atoms with E-state index in [1.54, 1.807) is 13.8 Å². The zero-order chi connectivity index (χ0) is 21.7. The third-order valence-electron chi connectivity index (χ3n) is 6.16. The van der Waals surface area contributed by atoms with E-state index < -0.39 is 47.4 Å². The Balaban J connectivity index is 1.51. The van der Waals surface area contributed by atoms with Crippen molar-refractivity contribution in [3.8, 4) is 0 Å². The molecule has 3 N–H and O–H groups in total. The Hall–Kier alpha value is -3.43. The Morgan fingerprint density at radius 3 is 2.53 bits per heavy atom. The molecule has 2 heterocycles. The van der Waals surface area contributed by atoms with Crippen molar-refractivity contribution in [3.63, 3.8) is 0 Å². The maximum absolute atomic E-state index is 13.2. The van der Waals surface area contributed by atoms with Gasteiger partial charge in [0.15, 0.2) is 0 Å². The number of amides is 7. The predicted molar refractivity (Wildman–Crippen MR) is 104 cm³/mol. The molecule has 0 bridgehead atoms. The number of hydrazine groups is 1. The molecule has 1 spiro atoms. The lowest BCUT2D eigenvalue weighted by Gasteiger charge is -2.33. The topological polar surface area (TPSA) is 128 Å². The number of hydrogen-bond acceptors (Lipinski definition) is 5. The predicted octanol–water partition coefficient (Wildman–Crippen LogP) is 0.522. The molecule has 2 atom stereocenters. The van der Waals surface area contributed by atoms with E-state index in [0.29, 0.717) is 17.9 Å². The zero-order valence-electron chi connectivity index (χ0n) is 16.8. The van der Waals surface area contributed by atoms with Gasteiger partial charge in [-0.1, -0.05) is 31.2 Å². The third kappa shape index (κ3) is 2.82. The number of imide groups is 2. The lowest BCUT2D eigenvalue weighted by atomic mass is 9.76. The molecular weight excluding hydrogens is 390 g/mol. The van der Waals surface area contributed by atoms with Crippen LogP contribution in [0.2, 0.25) is 0 Å². The number of carbonyl (C=O) groups excluding carboxylic acids is 5. The summed E-state index contributed by atoms with van der Waals surface area (Å²) in [7, 11) is 0. The van der Waals surface area contributed by atoms with Gasteiger partial charge >= 0.3 is 12.1 Å². The summed E-state index contributed by atoms with van der Waals surface area (Å²) in [4.78, 5) is 63.6. The molecule has 1 aromatic rings. The van der Waals surface area contributed by atoms with Crippen LogP contribution in [0.5, 0.6) is 0 Å². The number of carbonyl (C=O) groups is 5. The molecule has 2 fully saturated rings. The number of hydrogen-bond donors (Lipinski definition) is 3. The van der Waals surface area contributed by atoms with Crippen LogP contribution in [0.15, 0.2) is 24.3 Å². The van der Waals surface area contributed by atoms with Gasteiger partial charge in [0.2, 0.25) is 0 Å². The number of aryl methyl sites for hydroxylation is 1. The maximum atomic E-state index is 13.2. The van der Waals surface area contributed by atoms with Crippen LogP contribution in [0.3, 0.4) is 0 Å². The highest BCUT2D eigenvalue weighted by atomic mass is 16.2. The second-order valence-corrected chi connectivity index (χ2v) is 8.03. The normalized spacial score (nSPS) is 27.9. The highest BCUT2D eigenvalue weighted by molar-refractivity contribution is 6.11. The average Bonchev–Trinajstić information content (AvgIpc) is 3.08. The van der Waals surface area contributed by atoms with E-state index in [9.17, 15) is 24.0 Å². The van der Waals surface area contributed by atoms with E-state index in [1.807, 2.05) is 24.3 Å². The molecule has 2 saturated heterocycles. The van der Waals surface area contributed by atoms with Crippen molar-refractivity contribution in [2.24, 2.45) is 0 Å².